The number of aromatic nitrogens is 3. The van der Waals surface area contributed by atoms with Gasteiger partial charge in [-0.05, 0) is 40.5 Å². The largest absolute Gasteiger partial charge is 0.455 e. The topological polar surface area (TPSA) is 77.3 Å². The zero-order chi connectivity index (χ0) is 39.6. The Morgan fingerprint density at radius 2 is 0.817 bits per heavy atom. The number of furan rings is 2. The molecule has 282 valence electrons. The Morgan fingerprint density at radius 3 is 1.33 bits per heavy atom. The van der Waals surface area contributed by atoms with Crippen molar-refractivity contribution in [3.63, 3.8) is 0 Å². The van der Waals surface area contributed by atoms with E-state index in [2.05, 4.69) is 146 Å². The Hall–Kier alpha value is -7.96. The average molecular weight is 771 g/mol. The fourth-order valence-corrected chi connectivity index (χ4v) is 8.76. The summed E-state index contributed by atoms with van der Waals surface area (Å²) < 4.78 is 12.7. The van der Waals surface area contributed by atoms with Crippen LogP contribution in [-0.2, 0) is 0 Å². The number of fused-ring (bicyclic) bond motifs is 7. The van der Waals surface area contributed by atoms with Crippen molar-refractivity contribution in [2.24, 2.45) is 10.9 Å². The summed E-state index contributed by atoms with van der Waals surface area (Å²) in [4.78, 5) is 20.1. The van der Waals surface area contributed by atoms with Crippen molar-refractivity contribution in [3.05, 3.63) is 194 Å². The van der Waals surface area contributed by atoms with E-state index in [4.69, 9.17) is 28.8 Å². The lowest BCUT2D eigenvalue weighted by molar-refractivity contribution is 0.669. The third-order valence-electron chi connectivity index (χ3n) is 11.8. The SMILES string of the molecule is C1=CC2C=CC=C(c3ccc(-c4nc(-c5ccc(-c6cccc7c6oc6ccccc67)cc5)nc(-c5ccc(-c6cccc7c6oc6ccccc67)cc5)n4)cc3)C2N=C1. The summed E-state index contributed by atoms with van der Waals surface area (Å²) in [6.45, 7) is 0. The number of rotatable bonds is 6. The van der Waals surface area contributed by atoms with Crippen LogP contribution < -0.4 is 0 Å². The zero-order valence-corrected chi connectivity index (χ0v) is 32.2. The molecule has 0 radical (unpaired) electrons. The lowest BCUT2D eigenvalue weighted by atomic mass is 9.84. The number of hydrogen-bond donors (Lipinski definition) is 0. The van der Waals surface area contributed by atoms with Gasteiger partial charge in [0.1, 0.15) is 22.3 Å². The first-order valence-electron chi connectivity index (χ1n) is 20.2. The van der Waals surface area contributed by atoms with Crippen molar-refractivity contribution in [3.8, 4) is 56.4 Å². The number of dihydropyridines is 1. The van der Waals surface area contributed by atoms with Crippen molar-refractivity contribution in [2.45, 2.75) is 6.04 Å². The van der Waals surface area contributed by atoms with E-state index in [0.717, 1.165) is 88.4 Å². The molecule has 0 saturated heterocycles. The van der Waals surface area contributed by atoms with Crippen LogP contribution in [0.25, 0.3) is 106 Å². The molecule has 7 aromatic carbocycles. The molecule has 0 amide bonds. The van der Waals surface area contributed by atoms with Crippen molar-refractivity contribution >= 4 is 55.7 Å². The van der Waals surface area contributed by atoms with E-state index in [1.54, 1.807) is 0 Å². The molecule has 60 heavy (non-hydrogen) atoms. The molecule has 6 heteroatoms. The van der Waals surface area contributed by atoms with Gasteiger partial charge in [-0.3, -0.25) is 4.99 Å². The molecule has 0 bridgehead atoms. The second-order valence-electron chi connectivity index (χ2n) is 15.3. The Kier molecular flexibility index (Phi) is 7.88. The third kappa shape index (κ3) is 5.72. The van der Waals surface area contributed by atoms with Gasteiger partial charge in [0.25, 0.3) is 0 Å². The molecule has 1 aliphatic carbocycles. The summed E-state index contributed by atoms with van der Waals surface area (Å²) in [5, 5.41) is 4.43. The van der Waals surface area contributed by atoms with Crippen molar-refractivity contribution in [2.75, 3.05) is 0 Å². The zero-order valence-electron chi connectivity index (χ0n) is 32.2. The fourth-order valence-electron chi connectivity index (χ4n) is 8.76. The Labute approximate surface area is 345 Å². The standard InChI is InChI=1S/C54H34N4O2/c1-3-18-47-43(11-1)45-16-6-14-41(50(45)59-47)34-22-28-38(29-23-34)53-56-52(37-26-20-33(21-27-37)40-13-5-9-36-10-8-32-55-49(36)40)57-54(58-53)39-30-24-35(25-31-39)42-15-7-17-46-44-12-2-4-19-48(44)60-51(42)46/h1-32,36,49H. The van der Waals surface area contributed by atoms with Gasteiger partial charge in [0.05, 0.1) is 6.04 Å². The Bertz CT molecular complexity index is 3250. The molecule has 2 atom stereocenters. The number of hydrogen-bond acceptors (Lipinski definition) is 6. The predicted molar refractivity (Wildman–Crippen MR) is 244 cm³/mol. The number of benzene rings is 7. The van der Waals surface area contributed by atoms with Gasteiger partial charge in [-0.15, -0.1) is 0 Å². The highest BCUT2D eigenvalue weighted by atomic mass is 16.3. The van der Waals surface area contributed by atoms with Crippen LogP contribution in [-0.4, -0.2) is 27.2 Å². The molecule has 3 aromatic heterocycles. The van der Waals surface area contributed by atoms with Crippen LogP contribution in [0, 0.1) is 5.92 Å². The number of nitrogens with zero attached hydrogens (tertiary/aromatic N) is 4. The molecule has 1 aliphatic heterocycles. The average Bonchev–Trinajstić information content (AvgIpc) is 3.90. The van der Waals surface area contributed by atoms with Crippen LogP contribution in [0.5, 0.6) is 0 Å². The van der Waals surface area contributed by atoms with Crippen LogP contribution in [0.15, 0.2) is 202 Å². The van der Waals surface area contributed by atoms with Gasteiger partial charge in [-0.1, -0.05) is 170 Å². The molecule has 12 rings (SSSR count). The van der Waals surface area contributed by atoms with E-state index >= 15 is 0 Å². The molecule has 0 saturated carbocycles. The Morgan fingerprint density at radius 1 is 0.383 bits per heavy atom. The highest BCUT2D eigenvalue weighted by Gasteiger charge is 2.25. The van der Waals surface area contributed by atoms with Crippen molar-refractivity contribution in [1.82, 2.24) is 15.0 Å². The quantitative estimate of drug-likeness (QED) is 0.168. The lowest BCUT2D eigenvalue weighted by Crippen LogP contribution is -2.21. The van der Waals surface area contributed by atoms with Crippen molar-refractivity contribution < 1.29 is 8.83 Å². The molecule has 2 aliphatic rings. The highest BCUT2D eigenvalue weighted by Crippen LogP contribution is 2.39. The molecule has 2 unspecified atom stereocenters. The Balaban J connectivity index is 0.933. The summed E-state index contributed by atoms with van der Waals surface area (Å²) in [5.41, 5.74) is 12.7. The van der Waals surface area contributed by atoms with E-state index in [1.807, 2.05) is 48.7 Å². The maximum Gasteiger partial charge on any atom is 0.164 e. The van der Waals surface area contributed by atoms with E-state index in [1.165, 1.54) is 5.57 Å². The van der Waals surface area contributed by atoms with E-state index in [0.29, 0.717) is 17.5 Å². The summed E-state index contributed by atoms with van der Waals surface area (Å²) in [6.07, 6.45) is 12.6. The summed E-state index contributed by atoms with van der Waals surface area (Å²) in [6, 6.07) is 54.3. The van der Waals surface area contributed by atoms with E-state index in [9.17, 15) is 0 Å². The predicted octanol–water partition coefficient (Wildman–Crippen LogP) is 13.6. The molecule has 10 aromatic rings. The first-order valence-corrected chi connectivity index (χ1v) is 20.2. The van der Waals surface area contributed by atoms with Crippen molar-refractivity contribution in [1.29, 1.82) is 0 Å². The monoisotopic (exact) mass is 770 g/mol. The van der Waals surface area contributed by atoms with E-state index in [-0.39, 0.29) is 12.0 Å². The van der Waals surface area contributed by atoms with Crippen LogP contribution in [0.1, 0.15) is 5.56 Å². The molecule has 6 nitrogen and oxygen atoms in total. The van der Waals surface area contributed by atoms with Crippen LogP contribution in [0.3, 0.4) is 0 Å². The lowest BCUT2D eigenvalue weighted by Gasteiger charge is -2.26. The van der Waals surface area contributed by atoms with Crippen LogP contribution in [0.2, 0.25) is 0 Å². The van der Waals surface area contributed by atoms with Gasteiger partial charge in [-0.2, -0.15) is 0 Å². The summed E-state index contributed by atoms with van der Waals surface area (Å²) in [5.74, 6) is 2.05. The summed E-state index contributed by atoms with van der Waals surface area (Å²) in [7, 11) is 0. The summed E-state index contributed by atoms with van der Waals surface area (Å²) >= 11 is 0. The maximum atomic E-state index is 6.37. The minimum Gasteiger partial charge on any atom is -0.455 e. The molecule has 4 heterocycles. The first-order chi connectivity index (χ1) is 29.7. The van der Waals surface area contributed by atoms with Gasteiger partial charge >= 0.3 is 0 Å². The second-order valence-corrected chi connectivity index (χ2v) is 15.3. The van der Waals surface area contributed by atoms with Crippen LogP contribution >= 0.6 is 0 Å². The van der Waals surface area contributed by atoms with Crippen LogP contribution in [0.4, 0.5) is 0 Å². The second kappa shape index (κ2) is 13.9. The number of aliphatic imine (C=N–C) groups is 1. The van der Waals surface area contributed by atoms with Gasteiger partial charge in [0.15, 0.2) is 17.5 Å². The molecular weight excluding hydrogens is 737 g/mol. The van der Waals surface area contributed by atoms with Gasteiger partial charge in [0.2, 0.25) is 0 Å². The van der Waals surface area contributed by atoms with E-state index < -0.39 is 0 Å². The number of para-hydroxylation sites is 4. The minimum absolute atomic E-state index is 0.0739. The first kappa shape index (κ1) is 34.1. The maximum absolute atomic E-state index is 6.37. The highest BCUT2D eigenvalue weighted by molar-refractivity contribution is 6.10. The minimum atomic E-state index is 0.0739. The molecule has 0 N–H and O–H groups in total. The molecular formula is C54H34N4O2. The normalized spacial score (nSPS) is 15.9. The fraction of sp³-hybridized carbons (Fsp3) is 0.0370. The molecule has 0 fully saturated rings. The van der Waals surface area contributed by atoms with Gasteiger partial charge in [0, 0.05) is 61.5 Å². The smallest absolute Gasteiger partial charge is 0.164 e. The third-order valence-corrected chi connectivity index (χ3v) is 11.8. The molecule has 0 spiro atoms. The van der Waals surface area contributed by atoms with Gasteiger partial charge in [-0.25, -0.2) is 15.0 Å². The number of allylic oxidation sites excluding steroid dienone is 3. The van der Waals surface area contributed by atoms with Gasteiger partial charge < -0.3 is 8.83 Å².